The summed E-state index contributed by atoms with van der Waals surface area (Å²) in [5, 5.41) is -0.672. The minimum Gasteiger partial charge on any atom is -0.462 e. The molecule has 1 atom stereocenters. The summed E-state index contributed by atoms with van der Waals surface area (Å²) in [6.07, 6.45) is 6.76. The predicted molar refractivity (Wildman–Crippen MR) is 132 cm³/mol. The van der Waals surface area contributed by atoms with Crippen molar-refractivity contribution in [3.8, 4) is 0 Å². The van der Waals surface area contributed by atoms with Gasteiger partial charge in [0.25, 0.3) is 15.9 Å². The lowest BCUT2D eigenvalue weighted by molar-refractivity contribution is -0.137. The average Bonchev–Trinajstić information content (AvgIpc) is 2.83. The van der Waals surface area contributed by atoms with Gasteiger partial charge in [-0.25, -0.2) is 13.4 Å². The minimum absolute atomic E-state index is 0.0109. The van der Waals surface area contributed by atoms with E-state index in [4.69, 9.17) is 27.9 Å². The van der Waals surface area contributed by atoms with Gasteiger partial charge in [-0.15, -0.1) is 0 Å². The number of anilines is 1. The van der Waals surface area contributed by atoms with Crippen molar-refractivity contribution < 1.29 is 31.1 Å². The van der Waals surface area contributed by atoms with Crippen LogP contribution in [0.2, 0.25) is 10.0 Å². The van der Waals surface area contributed by atoms with E-state index in [0.717, 1.165) is 34.9 Å². The second-order valence-corrected chi connectivity index (χ2v) is 10.7. The second-order valence-electron chi connectivity index (χ2n) is 8.16. The van der Waals surface area contributed by atoms with Gasteiger partial charge in [-0.1, -0.05) is 48.4 Å². The first-order valence-electron chi connectivity index (χ1n) is 10.7. The third-order valence-corrected chi connectivity index (χ3v) is 7.26. The molecular formula is C24H18Cl2F3N3O4S. The first-order chi connectivity index (χ1) is 17.3. The van der Waals surface area contributed by atoms with Gasteiger partial charge in [0.1, 0.15) is 12.0 Å². The quantitative estimate of drug-likeness (QED) is 0.441. The molecule has 0 bridgehead atoms. The van der Waals surface area contributed by atoms with Gasteiger partial charge in [0.2, 0.25) is 0 Å². The lowest BCUT2D eigenvalue weighted by atomic mass is 9.95. The van der Waals surface area contributed by atoms with Crippen LogP contribution in [0.4, 0.5) is 18.9 Å². The van der Waals surface area contributed by atoms with Crippen molar-refractivity contribution in [3.05, 3.63) is 100.0 Å². The number of carbonyl (C=O) groups is 1. The maximum absolute atomic E-state index is 13.3. The van der Waals surface area contributed by atoms with Crippen LogP contribution < -0.4 is 4.72 Å². The van der Waals surface area contributed by atoms with Gasteiger partial charge >= 0.3 is 6.18 Å². The number of ether oxygens (including phenoxy) is 1. The van der Waals surface area contributed by atoms with E-state index >= 15 is 0 Å². The Labute approximate surface area is 220 Å². The van der Waals surface area contributed by atoms with Gasteiger partial charge in [-0.05, 0) is 42.2 Å². The molecule has 0 radical (unpaired) electrons. The molecule has 194 valence electrons. The van der Waals surface area contributed by atoms with E-state index in [0.29, 0.717) is 18.2 Å². The number of aromatic nitrogens is 1. The van der Waals surface area contributed by atoms with E-state index in [-0.39, 0.29) is 22.3 Å². The highest BCUT2D eigenvalue weighted by atomic mass is 35.5. The zero-order chi connectivity index (χ0) is 27.0. The zero-order valence-corrected chi connectivity index (χ0v) is 21.3. The topological polar surface area (TPSA) is 88.6 Å². The van der Waals surface area contributed by atoms with E-state index in [1.54, 1.807) is 0 Å². The molecule has 1 unspecified atom stereocenters. The van der Waals surface area contributed by atoms with Crippen molar-refractivity contribution in [2.45, 2.75) is 24.4 Å². The van der Waals surface area contributed by atoms with Gasteiger partial charge in [0.15, 0.2) is 5.69 Å². The number of allylic oxidation sites excluding steroid dienone is 4. The molecule has 1 aromatic carbocycles. The molecule has 2 heterocycles. The summed E-state index contributed by atoms with van der Waals surface area (Å²) in [4.78, 5) is 17.7. The summed E-state index contributed by atoms with van der Waals surface area (Å²) in [7, 11) is -4.60. The van der Waals surface area contributed by atoms with Crippen molar-refractivity contribution in [1.29, 1.82) is 0 Å². The molecule has 1 amide bonds. The highest BCUT2D eigenvalue weighted by molar-refractivity contribution is 7.92. The molecule has 1 N–H and O–H groups in total. The van der Waals surface area contributed by atoms with Gasteiger partial charge in [0.05, 0.1) is 32.4 Å². The van der Waals surface area contributed by atoms with E-state index < -0.39 is 37.6 Å². The number of nitrogens with zero attached hydrogens (tertiary/aromatic N) is 2. The summed E-state index contributed by atoms with van der Waals surface area (Å²) in [5.41, 5.74) is -1.14. The van der Waals surface area contributed by atoms with E-state index in [9.17, 15) is 26.4 Å². The Morgan fingerprint density at radius 1 is 1.24 bits per heavy atom. The summed E-state index contributed by atoms with van der Waals surface area (Å²) >= 11 is 11.6. The Kier molecular flexibility index (Phi) is 7.40. The maximum atomic E-state index is 13.3. The molecule has 2 aliphatic rings. The number of benzene rings is 1. The molecule has 37 heavy (non-hydrogen) atoms. The van der Waals surface area contributed by atoms with Gasteiger partial charge < -0.3 is 4.74 Å². The van der Waals surface area contributed by atoms with Crippen LogP contribution in [0.15, 0.2) is 83.6 Å². The Bertz CT molecular complexity index is 1480. The van der Waals surface area contributed by atoms with Crippen molar-refractivity contribution >= 4 is 44.8 Å². The Morgan fingerprint density at radius 2 is 2.00 bits per heavy atom. The number of sulfonamides is 1. The van der Waals surface area contributed by atoms with Crippen LogP contribution in [-0.4, -0.2) is 24.2 Å². The smallest absolute Gasteiger partial charge is 0.417 e. The summed E-state index contributed by atoms with van der Waals surface area (Å²) in [6.45, 7) is 2.03. The number of hydrogen-bond donors (Lipinski definition) is 1. The number of amides is 1. The normalized spacial score (nSPS) is 17.7. The summed E-state index contributed by atoms with van der Waals surface area (Å²) in [5.74, 6) is -0.0493. The fraction of sp³-hybridized carbons (Fsp3) is 0.167. The number of rotatable bonds is 5. The molecular weight excluding hydrogens is 554 g/mol. The maximum Gasteiger partial charge on any atom is 0.417 e. The largest absolute Gasteiger partial charge is 0.462 e. The Morgan fingerprint density at radius 3 is 2.70 bits per heavy atom. The number of pyridine rings is 1. The van der Waals surface area contributed by atoms with Crippen molar-refractivity contribution in [3.63, 3.8) is 0 Å². The van der Waals surface area contributed by atoms with Crippen molar-refractivity contribution in [2.24, 2.45) is 5.92 Å². The molecule has 0 saturated heterocycles. The van der Waals surface area contributed by atoms with Crippen LogP contribution >= 0.6 is 23.2 Å². The van der Waals surface area contributed by atoms with E-state index in [1.807, 2.05) is 25.2 Å². The first-order valence-corrected chi connectivity index (χ1v) is 12.9. The van der Waals surface area contributed by atoms with E-state index in [2.05, 4.69) is 9.71 Å². The molecule has 7 nitrogen and oxygen atoms in total. The monoisotopic (exact) mass is 571 g/mol. The predicted octanol–water partition coefficient (Wildman–Crippen LogP) is 6.52. The number of halogens is 5. The van der Waals surface area contributed by atoms with Crippen LogP contribution in [0.5, 0.6) is 0 Å². The number of hydrogen-bond acceptors (Lipinski definition) is 5. The average molecular weight is 572 g/mol. The second kappa shape index (κ2) is 10.2. The highest BCUT2D eigenvalue weighted by Crippen LogP contribution is 2.36. The molecule has 4 rings (SSSR count). The third-order valence-electron chi connectivity index (χ3n) is 5.36. The van der Waals surface area contributed by atoms with Gasteiger partial charge in [0, 0.05) is 12.4 Å². The summed E-state index contributed by atoms with van der Waals surface area (Å²) in [6, 6.07) is 3.26. The van der Waals surface area contributed by atoms with Crippen LogP contribution in [0, 0.1) is 5.92 Å². The van der Waals surface area contributed by atoms with Crippen LogP contribution in [0.1, 0.15) is 29.4 Å². The fourth-order valence-electron chi connectivity index (χ4n) is 3.58. The standard InChI is InChI=1S/C24H18Cl2F3N3O4S/c1-14-3-2-4-15(9-14)21-13-32(7-8-36-21)23(33)22-20(10-16(25)12-30-22)31-37(34,35)17-5-6-19(26)18(11-17)24(27,28)29/h2-8,10-14,31H,9H2,1H3. The highest BCUT2D eigenvalue weighted by Gasteiger charge is 2.35. The SMILES string of the molecule is CC1C=CC=C(C2=CN(C(=O)c3ncc(Cl)cc3NS(=O)(=O)c3ccc(Cl)c(C(F)(F)F)c3)C=CO2)C1. The molecule has 0 spiro atoms. The first kappa shape index (κ1) is 26.8. The van der Waals surface area contributed by atoms with Crippen LogP contribution in [0.25, 0.3) is 0 Å². The zero-order valence-electron chi connectivity index (χ0n) is 19.0. The third kappa shape index (κ3) is 6.00. The van der Waals surface area contributed by atoms with E-state index in [1.165, 1.54) is 18.7 Å². The summed E-state index contributed by atoms with van der Waals surface area (Å²) < 4.78 is 73.4. The Hall–Kier alpha value is -3.28. The minimum atomic E-state index is -4.88. The number of alkyl halides is 3. The molecule has 1 aliphatic heterocycles. The molecule has 2 aromatic rings. The molecule has 1 aliphatic carbocycles. The van der Waals surface area contributed by atoms with Gasteiger partial charge in [-0.3, -0.25) is 14.4 Å². The van der Waals surface area contributed by atoms with Crippen LogP contribution in [0.3, 0.4) is 0 Å². The molecule has 1 aromatic heterocycles. The lowest BCUT2D eigenvalue weighted by Crippen LogP contribution is -2.26. The van der Waals surface area contributed by atoms with Crippen molar-refractivity contribution in [1.82, 2.24) is 9.88 Å². The fourth-order valence-corrected chi connectivity index (χ4v) is 5.05. The van der Waals surface area contributed by atoms with Crippen molar-refractivity contribution in [2.75, 3.05) is 4.72 Å². The lowest BCUT2D eigenvalue weighted by Gasteiger charge is -2.23. The van der Waals surface area contributed by atoms with Crippen LogP contribution in [-0.2, 0) is 20.9 Å². The number of carbonyl (C=O) groups excluding carboxylic acids is 1. The molecule has 0 saturated carbocycles. The molecule has 0 fully saturated rings. The molecule has 13 heteroatoms. The number of nitrogens with one attached hydrogen (secondary N) is 1. The van der Waals surface area contributed by atoms with Gasteiger partial charge in [-0.2, -0.15) is 13.2 Å². The Balaban J connectivity index is 1.67.